The van der Waals surface area contributed by atoms with E-state index in [0.717, 1.165) is 22.4 Å². The SMILES string of the molecule is Cc1ccc(-c2n[nH]c(C)c2NC(=O)c2ccccc2F)c(C)c1. The molecule has 0 fully saturated rings. The first-order chi connectivity index (χ1) is 11.5. The Morgan fingerprint density at radius 2 is 1.88 bits per heavy atom. The molecular formula is C19H18FN3O. The van der Waals surface area contributed by atoms with Crippen molar-refractivity contribution in [2.45, 2.75) is 20.8 Å². The van der Waals surface area contributed by atoms with E-state index < -0.39 is 11.7 Å². The van der Waals surface area contributed by atoms with Crippen molar-refractivity contribution in [2.75, 3.05) is 5.32 Å². The molecule has 3 aromatic rings. The zero-order chi connectivity index (χ0) is 17.3. The number of benzene rings is 2. The Bertz CT molecular complexity index is 915. The molecule has 1 amide bonds. The highest BCUT2D eigenvalue weighted by atomic mass is 19.1. The van der Waals surface area contributed by atoms with Gasteiger partial charge in [0.2, 0.25) is 0 Å². The fourth-order valence-corrected chi connectivity index (χ4v) is 2.68. The molecule has 3 rings (SSSR count). The highest BCUT2D eigenvalue weighted by molar-refractivity contribution is 6.06. The van der Waals surface area contributed by atoms with Crippen LogP contribution in [0.4, 0.5) is 10.1 Å². The second-order valence-corrected chi connectivity index (χ2v) is 5.82. The quantitative estimate of drug-likeness (QED) is 0.751. The normalized spacial score (nSPS) is 10.7. The molecule has 0 unspecified atom stereocenters. The van der Waals surface area contributed by atoms with Crippen molar-refractivity contribution >= 4 is 11.6 Å². The van der Waals surface area contributed by atoms with Crippen molar-refractivity contribution in [2.24, 2.45) is 0 Å². The van der Waals surface area contributed by atoms with Crippen LogP contribution in [0.25, 0.3) is 11.3 Å². The third-order valence-corrected chi connectivity index (χ3v) is 3.94. The molecule has 0 atom stereocenters. The Hall–Kier alpha value is -2.95. The number of halogens is 1. The van der Waals surface area contributed by atoms with E-state index in [1.165, 1.54) is 12.1 Å². The lowest BCUT2D eigenvalue weighted by atomic mass is 10.0. The number of hydrogen-bond donors (Lipinski definition) is 2. The lowest BCUT2D eigenvalue weighted by molar-refractivity contribution is 0.102. The fraction of sp³-hybridized carbons (Fsp3) is 0.158. The van der Waals surface area contributed by atoms with E-state index in [-0.39, 0.29) is 5.56 Å². The minimum Gasteiger partial charge on any atom is -0.318 e. The number of carbonyl (C=O) groups is 1. The predicted octanol–water partition coefficient (Wildman–Crippen LogP) is 4.39. The van der Waals surface area contributed by atoms with E-state index in [1.807, 2.05) is 32.9 Å². The van der Waals surface area contributed by atoms with E-state index in [4.69, 9.17) is 0 Å². The number of rotatable bonds is 3. The summed E-state index contributed by atoms with van der Waals surface area (Å²) in [7, 11) is 0. The van der Waals surface area contributed by atoms with Gasteiger partial charge >= 0.3 is 0 Å². The Labute approximate surface area is 139 Å². The van der Waals surface area contributed by atoms with Crippen molar-refractivity contribution in [1.29, 1.82) is 0 Å². The molecule has 5 heteroatoms. The molecule has 0 aliphatic rings. The molecule has 0 bridgehead atoms. The average Bonchev–Trinajstić information content (AvgIpc) is 2.89. The van der Waals surface area contributed by atoms with Gasteiger partial charge in [0.25, 0.3) is 5.91 Å². The fourth-order valence-electron chi connectivity index (χ4n) is 2.68. The topological polar surface area (TPSA) is 57.8 Å². The van der Waals surface area contributed by atoms with Gasteiger partial charge in [-0.05, 0) is 38.5 Å². The van der Waals surface area contributed by atoms with Crippen LogP contribution in [0.15, 0.2) is 42.5 Å². The van der Waals surface area contributed by atoms with E-state index in [1.54, 1.807) is 12.1 Å². The molecule has 24 heavy (non-hydrogen) atoms. The van der Waals surface area contributed by atoms with Crippen LogP contribution in [0.1, 0.15) is 27.2 Å². The van der Waals surface area contributed by atoms with Crippen LogP contribution in [0.2, 0.25) is 0 Å². The monoisotopic (exact) mass is 323 g/mol. The maximum absolute atomic E-state index is 13.8. The first-order valence-corrected chi connectivity index (χ1v) is 7.66. The maximum atomic E-state index is 13.8. The molecule has 122 valence electrons. The minimum atomic E-state index is -0.552. The number of nitrogens with one attached hydrogen (secondary N) is 2. The van der Waals surface area contributed by atoms with Gasteiger partial charge in [0.1, 0.15) is 11.5 Å². The number of H-pyrrole nitrogens is 1. The van der Waals surface area contributed by atoms with Crippen LogP contribution in [0.5, 0.6) is 0 Å². The molecule has 4 nitrogen and oxygen atoms in total. The summed E-state index contributed by atoms with van der Waals surface area (Å²) in [5, 5.41) is 9.99. The van der Waals surface area contributed by atoms with Crippen LogP contribution in [-0.4, -0.2) is 16.1 Å². The molecule has 2 aromatic carbocycles. The molecule has 0 saturated carbocycles. The van der Waals surface area contributed by atoms with Gasteiger partial charge in [0.05, 0.1) is 16.9 Å². The summed E-state index contributed by atoms with van der Waals surface area (Å²) in [4.78, 5) is 12.4. The summed E-state index contributed by atoms with van der Waals surface area (Å²) in [6.07, 6.45) is 0. The second-order valence-electron chi connectivity index (χ2n) is 5.82. The van der Waals surface area contributed by atoms with Crippen molar-refractivity contribution < 1.29 is 9.18 Å². The number of aryl methyl sites for hydroxylation is 3. The van der Waals surface area contributed by atoms with Gasteiger partial charge in [0.15, 0.2) is 0 Å². The van der Waals surface area contributed by atoms with Gasteiger partial charge in [-0.2, -0.15) is 5.10 Å². The Kier molecular flexibility index (Phi) is 4.16. The molecule has 2 N–H and O–H groups in total. The van der Waals surface area contributed by atoms with Gasteiger partial charge in [-0.25, -0.2) is 4.39 Å². The van der Waals surface area contributed by atoms with Crippen LogP contribution in [0, 0.1) is 26.6 Å². The summed E-state index contributed by atoms with van der Waals surface area (Å²) in [5.74, 6) is -1.05. The van der Waals surface area contributed by atoms with Crippen molar-refractivity contribution in [1.82, 2.24) is 10.2 Å². The molecule has 1 aromatic heterocycles. The number of hydrogen-bond acceptors (Lipinski definition) is 2. The third-order valence-electron chi connectivity index (χ3n) is 3.94. The summed E-state index contributed by atoms with van der Waals surface area (Å²) in [5.41, 5.74) is 5.07. The van der Waals surface area contributed by atoms with Crippen molar-refractivity contribution in [3.05, 3.63) is 70.7 Å². The number of aromatic amines is 1. The van der Waals surface area contributed by atoms with Gasteiger partial charge < -0.3 is 5.32 Å². The van der Waals surface area contributed by atoms with Crippen LogP contribution in [-0.2, 0) is 0 Å². The van der Waals surface area contributed by atoms with E-state index in [9.17, 15) is 9.18 Å². The maximum Gasteiger partial charge on any atom is 0.258 e. The van der Waals surface area contributed by atoms with Crippen LogP contribution in [0.3, 0.4) is 0 Å². The van der Waals surface area contributed by atoms with Gasteiger partial charge in [0, 0.05) is 5.56 Å². The lowest BCUT2D eigenvalue weighted by Crippen LogP contribution is -2.14. The summed E-state index contributed by atoms with van der Waals surface area (Å²) < 4.78 is 13.8. The zero-order valence-corrected chi connectivity index (χ0v) is 13.8. The molecule has 1 heterocycles. The summed E-state index contributed by atoms with van der Waals surface area (Å²) in [6, 6.07) is 11.9. The number of carbonyl (C=O) groups excluding carboxylic acids is 1. The molecule has 0 radical (unpaired) electrons. The standard InChI is InChI=1S/C19H18FN3O/c1-11-8-9-14(12(2)10-11)18-17(13(3)22-23-18)21-19(24)15-6-4-5-7-16(15)20/h4-10H,1-3H3,(H,21,24)(H,22,23). The first-order valence-electron chi connectivity index (χ1n) is 7.66. The Morgan fingerprint density at radius 3 is 2.58 bits per heavy atom. The van der Waals surface area contributed by atoms with Crippen LogP contribution >= 0.6 is 0 Å². The smallest absolute Gasteiger partial charge is 0.258 e. The molecule has 0 aliphatic carbocycles. The Morgan fingerprint density at radius 1 is 1.12 bits per heavy atom. The van der Waals surface area contributed by atoms with Gasteiger partial charge in [-0.1, -0.05) is 35.9 Å². The molecule has 0 aliphatic heterocycles. The van der Waals surface area contributed by atoms with E-state index >= 15 is 0 Å². The number of nitrogens with zero attached hydrogens (tertiary/aromatic N) is 1. The summed E-state index contributed by atoms with van der Waals surface area (Å²) >= 11 is 0. The highest BCUT2D eigenvalue weighted by Crippen LogP contribution is 2.31. The van der Waals surface area contributed by atoms with Crippen molar-refractivity contribution in [3.8, 4) is 11.3 Å². The average molecular weight is 323 g/mol. The minimum absolute atomic E-state index is 0.00433. The number of anilines is 1. The Balaban J connectivity index is 1.99. The first kappa shape index (κ1) is 15.9. The molecule has 0 spiro atoms. The molecule has 0 saturated heterocycles. The largest absolute Gasteiger partial charge is 0.318 e. The zero-order valence-electron chi connectivity index (χ0n) is 13.8. The summed E-state index contributed by atoms with van der Waals surface area (Å²) in [6.45, 7) is 5.83. The number of aromatic nitrogens is 2. The predicted molar refractivity (Wildman–Crippen MR) is 92.6 cm³/mol. The van der Waals surface area contributed by atoms with Crippen molar-refractivity contribution in [3.63, 3.8) is 0 Å². The van der Waals surface area contributed by atoms with Gasteiger partial charge in [-0.3, -0.25) is 9.89 Å². The molecular weight excluding hydrogens is 305 g/mol. The van der Waals surface area contributed by atoms with E-state index in [2.05, 4.69) is 21.6 Å². The van der Waals surface area contributed by atoms with E-state index in [0.29, 0.717) is 11.4 Å². The number of amides is 1. The van der Waals surface area contributed by atoms with Crippen LogP contribution < -0.4 is 5.32 Å². The van der Waals surface area contributed by atoms with Gasteiger partial charge in [-0.15, -0.1) is 0 Å². The lowest BCUT2D eigenvalue weighted by Gasteiger charge is -2.10. The second kappa shape index (κ2) is 6.28. The third kappa shape index (κ3) is 2.93. The highest BCUT2D eigenvalue weighted by Gasteiger charge is 2.18.